The fourth-order valence-electron chi connectivity index (χ4n) is 5.55. The summed E-state index contributed by atoms with van der Waals surface area (Å²) in [5, 5.41) is 0. The van der Waals surface area contributed by atoms with Gasteiger partial charge in [-0.1, -0.05) is 49.6 Å². The minimum Gasteiger partial charge on any atom is -0.348 e. The van der Waals surface area contributed by atoms with Crippen LogP contribution in [0.25, 0.3) is 0 Å². The Labute approximate surface area is 159 Å². The first-order valence-corrected chi connectivity index (χ1v) is 10.5. The molecule has 1 aromatic rings. The summed E-state index contributed by atoms with van der Waals surface area (Å²) in [4.78, 5) is 18.3. The largest absolute Gasteiger partial charge is 0.348 e. The molecule has 1 saturated heterocycles. The highest BCUT2D eigenvalue weighted by Crippen LogP contribution is 2.50. The van der Waals surface area contributed by atoms with Crippen LogP contribution in [0.1, 0.15) is 57.9 Å². The van der Waals surface area contributed by atoms with Crippen molar-refractivity contribution in [1.82, 2.24) is 9.80 Å². The summed E-state index contributed by atoms with van der Waals surface area (Å²) >= 11 is 0. The molecule has 144 valence electrons. The number of likely N-dealkylation sites (tertiary alicyclic amines) is 1. The van der Waals surface area contributed by atoms with Crippen molar-refractivity contribution >= 4 is 5.91 Å². The third-order valence-electron chi connectivity index (χ3n) is 6.85. The van der Waals surface area contributed by atoms with Crippen molar-refractivity contribution in [2.45, 2.75) is 63.8 Å². The van der Waals surface area contributed by atoms with E-state index in [-0.39, 0.29) is 5.41 Å². The molecule has 1 amide bonds. The molecule has 0 bridgehead atoms. The predicted molar refractivity (Wildman–Crippen MR) is 108 cm³/mol. The molecular formula is C23H36N2O. The number of carbonyl (C=O) groups is 1. The van der Waals surface area contributed by atoms with Crippen molar-refractivity contribution in [2.24, 2.45) is 11.8 Å². The topological polar surface area (TPSA) is 23.6 Å². The number of hydrogen-bond acceptors (Lipinski definition) is 2. The van der Waals surface area contributed by atoms with Crippen LogP contribution in [-0.4, -0.2) is 48.9 Å². The Morgan fingerprint density at radius 1 is 1.04 bits per heavy atom. The second-order valence-corrected chi connectivity index (χ2v) is 8.84. The second kappa shape index (κ2) is 8.12. The predicted octanol–water partition coefficient (Wildman–Crippen LogP) is 4.32. The zero-order valence-electron chi connectivity index (χ0n) is 17.1. The molecule has 2 atom stereocenters. The molecule has 0 aromatic heterocycles. The van der Waals surface area contributed by atoms with Crippen molar-refractivity contribution in [3.05, 3.63) is 35.9 Å². The highest BCUT2D eigenvalue weighted by molar-refractivity contribution is 5.89. The number of amides is 1. The monoisotopic (exact) mass is 356 g/mol. The van der Waals surface area contributed by atoms with Crippen molar-refractivity contribution < 1.29 is 4.79 Å². The summed E-state index contributed by atoms with van der Waals surface area (Å²) in [6.07, 6.45) is 7.35. The summed E-state index contributed by atoms with van der Waals surface area (Å²) in [7, 11) is 3.88. The second-order valence-electron chi connectivity index (χ2n) is 8.84. The molecule has 1 saturated carbocycles. The minimum absolute atomic E-state index is 0.325. The molecule has 1 aromatic carbocycles. The molecule has 2 aliphatic rings. The lowest BCUT2D eigenvalue weighted by atomic mass is 9.57. The van der Waals surface area contributed by atoms with Gasteiger partial charge >= 0.3 is 0 Å². The van der Waals surface area contributed by atoms with Crippen LogP contribution in [0.3, 0.4) is 0 Å². The third kappa shape index (κ3) is 3.43. The zero-order chi connectivity index (χ0) is 18.7. The lowest BCUT2D eigenvalue weighted by molar-refractivity contribution is -0.140. The molecule has 0 radical (unpaired) electrons. The fraction of sp³-hybridized carbons (Fsp3) is 0.696. The number of carbonyl (C=O) groups excluding carboxylic acids is 1. The van der Waals surface area contributed by atoms with E-state index in [1.54, 1.807) is 0 Å². The summed E-state index contributed by atoms with van der Waals surface area (Å²) in [6.45, 7) is 6.72. The van der Waals surface area contributed by atoms with E-state index in [0.29, 0.717) is 23.8 Å². The van der Waals surface area contributed by atoms with Gasteiger partial charge in [0, 0.05) is 26.7 Å². The Morgan fingerprint density at radius 3 is 2.23 bits per heavy atom. The lowest BCUT2D eigenvalue weighted by Crippen LogP contribution is -2.55. The maximum atomic E-state index is 13.8. The Balaban J connectivity index is 2.10. The van der Waals surface area contributed by atoms with Crippen LogP contribution in [0.2, 0.25) is 0 Å². The van der Waals surface area contributed by atoms with Crippen LogP contribution >= 0.6 is 0 Å². The smallest absolute Gasteiger partial charge is 0.233 e. The molecule has 1 aliphatic carbocycles. The number of likely N-dealkylation sites (N-methyl/N-ethyl adjacent to an activating group) is 1. The van der Waals surface area contributed by atoms with Crippen molar-refractivity contribution in [3.8, 4) is 0 Å². The van der Waals surface area contributed by atoms with E-state index in [9.17, 15) is 4.79 Å². The van der Waals surface area contributed by atoms with Gasteiger partial charge in [0.15, 0.2) is 0 Å². The van der Waals surface area contributed by atoms with E-state index in [2.05, 4.69) is 49.1 Å². The van der Waals surface area contributed by atoms with Gasteiger partial charge in [0.05, 0.1) is 5.41 Å². The quantitative estimate of drug-likeness (QED) is 0.784. The van der Waals surface area contributed by atoms with Crippen LogP contribution in [-0.2, 0) is 10.2 Å². The summed E-state index contributed by atoms with van der Waals surface area (Å²) < 4.78 is 0. The van der Waals surface area contributed by atoms with Crippen LogP contribution in [0.15, 0.2) is 30.3 Å². The number of hydrogen-bond donors (Lipinski definition) is 0. The summed E-state index contributed by atoms with van der Waals surface area (Å²) in [6, 6.07) is 11.3. The van der Waals surface area contributed by atoms with Crippen LogP contribution in [0, 0.1) is 11.8 Å². The molecule has 3 heteroatoms. The van der Waals surface area contributed by atoms with E-state index in [0.717, 1.165) is 19.5 Å². The van der Waals surface area contributed by atoms with Crippen molar-refractivity contribution in [3.63, 3.8) is 0 Å². The molecule has 26 heavy (non-hydrogen) atoms. The number of benzene rings is 1. The Bertz CT molecular complexity index is 591. The highest BCUT2D eigenvalue weighted by atomic mass is 16.2. The molecule has 0 spiro atoms. The van der Waals surface area contributed by atoms with Gasteiger partial charge < -0.3 is 9.80 Å². The first kappa shape index (κ1) is 19.4. The van der Waals surface area contributed by atoms with E-state index in [1.807, 2.05) is 19.0 Å². The maximum absolute atomic E-state index is 13.8. The zero-order valence-corrected chi connectivity index (χ0v) is 17.1. The van der Waals surface area contributed by atoms with Gasteiger partial charge in [0.25, 0.3) is 0 Å². The van der Waals surface area contributed by atoms with E-state index < -0.39 is 0 Å². The summed E-state index contributed by atoms with van der Waals surface area (Å²) in [5.74, 6) is 1.20. The van der Waals surface area contributed by atoms with Gasteiger partial charge in [-0.2, -0.15) is 0 Å². The van der Waals surface area contributed by atoms with Gasteiger partial charge in [0.2, 0.25) is 5.91 Å². The number of nitrogens with zero attached hydrogens (tertiary/aromatic N) is 2. The summed E-state index contributed by atoms with van der Waals surface area (Å²) in [5.41, 5.74) is 0.885. The maximum Gasteiger partial charge on any atom is 0.233 e. The highest BCUT2D eigenvalue weighted by Gasteiger charge is 2.54. The van der Waals surface area contributed by atoms with E-state index in [4.69, 9.17) is 0 Å². The SMILES string of the molecule is CC(C)N1CC[C@@H](C(C(=O)N(C)C)(c2ccccc2)C2CCCCC2)C1. The first-order chi connectivity index (χ1) is 12.5. The van der Waals surface area contributed by atoms with E-state index in [1.165, 1.54) is 37.7 Å². The fourth-order valence-corrected chi connectivity index (χ4v) is 5.55. The van der Waals surface area contributed by atoms with Crippen LogP contribution in [0.4, 0.5) is 0 Å². The van der Waals surface area contributed by atoms with Gasteiger partial charge in [-0.3, -0.25) is 4.79 Å². The number of rotatable bonds is 5. The molecular weight excluding hydrogens is 320 g/mol. The minimum atomic E-state index is -0.366. The van der Waals surface area contributed by atoms with Gasteiger partial charge in [-0.05, 0) is 57.1 Å². The Morgan fingerprint density at radius 2 is 1.69 bits per heavy atom. The average Bonchev–Trinajstić information content (AvgIpc) is 3.15. The normalized spacial score (nSPS) is 24.6. The first-order valence-electron chi connectivity index (χ1n) is 10.5. The molecule has 2 fully saturated rings. The molecule has 3 nitrogen and oxygen atoms in total. The van der Waals surface area contributed by atoms with Gasteiger partial charge in [-0.15, -0.1) is 0 Å². The van der Waals surface area contributed by atoms with Crippen molar-refractivity contribution in [2.75, 3.05) is 27.2 Å². The third-order valence-corrected chi connectivity index (χ3v) is 6.85. The molecule has 1 unspecified atom stereocenters. The lowest BCUT2D eigenvalue weighted by Gasteiger charge is -2.47. The van der Waals surface area contributed by atoms with Gasteiger partial charge in [-0.25, -0.2) is 0 Å². The Kier molecular flexibility index (Phi) is 6.06. The van der Waals surface area contributed by atoms with Crippen LogP contribution in [0.5, 0.6) is 0 Å². The average molecular weight is 357 g/mol. The van der Waals surface area contributed by atoms with Gasteiger partial charge in [0.1, 0.15) is 0 Å². The van der Waals surface area contributed by atoms with E-state index >= 15 is 0 Å². The molecule has 0 N–H and O–H groups in total. The Hall–Kier alpha value is -1.35. The molecule has 1 heterocycles. The van der Waals surface area contributed by atoms with Crippen molar-refractivity contribution in [1.29, 1.82) is 0 Å². The van der Waals surface area contributed by atoms with Crippen LogP contribution < -0.4 is 0 Å². The molecule has 1 aliphatic heterocycles. The standard InChI is InChI=1S/C23H36N2O/c1-18(2)25-16-15-21(17-25)23(22(26)24(3)4,19-11-7-5-8-12-19)20-13-9-6-10-14-20/h5,7-8,11-12,18,20-21H,6,9-10,13-17H2,1-4H3/t21-,23?/m1/s1. The molecule has 3 rings (SSSR count).